The van der Waals surface area contributed by atoms with Crippen LogP contribution in [0.4, 0.5) is 5.69 Å². The van der Waals surface area contributed by atoms with E-state index in [1.165, 1.54) is 0 Å². The fourth-order valence-electron chi connectivity index (χ4n) is 6.37. The van der Waals surface area contributed by atoms with Gasteiger partial charge in [0, 0.05) is 40.8 Å². The van der Waals surface area contributed by atoms with Gasteiger partial charge >= 0.3 is 0 Å². The van der Waals surface area contributed by atoms with Crippen LogP contribution in [0.1, 0.15) is 69.9 Å². The lowest BCUT2D eigenvalue weighted by Gasteiger charge is -2.39. The maximum atomic E-state index is 14.0. The molecule has 2 fully saturated rings. The number of rotatable bonds is 7. The van der Waals surface area contributed by atoms with Crippen LogP contribution in [0.5, 0.6) is 0 Å². The fraction of sp³-hybridized carbons (Fsp3) is 0.533. The summed E-state index contributed by atoms with van der Waals surface area (Å²) in [4.78, 5) is 27.5. The monoisotopic (exact) mass is 559 g/mol. The van der Waals surface area contributed by atoms with E-state index in [0.717, 1.165) is 35.9 Å². The van der Waals surface area contributed by atoms with Gasteiger partial charge in [-0.05, 0) is 72.9 Å². The third-order valence-corrected chi connectivity index (χ3v) is 8.54. The average molecular weight is 561 g/mol. The molecule has 6 nitrogen and oxygen atoms in total. The Morgan fingerprint density at radius 3 is 2.39 bits per heavy atom. The van der Waals surface area contributed by atoms with Crippen LogP contribution in [0.3, 0.4) is 0 Å². The zero-order valence-electron chi connectivity index (χ0n) is 22.6. The molecule has 0 spiro atoms. The molecule has 4 N–H and O–H groups in total. The van der Waals surface area contributed by atoms with Crippen LogP contribution in [0.25, 0.3) is 0 Å². The number of amides is 1. The van der Waals surface area contributed by atoms with Crippen molar-refractivity contribution in [3.8, 4) is 0 Å². The summed E-state index contributed by atoms with van der Waals surface area (Å²) in [5.74, 6) is -0.660. The van der Waals surface area contributed by atoms with Crippen molar-refractivity contribution in [3.05, 3.63) is 63.6 Å². The SMILES string of the molecule is CNc1cc(Cl)ccc1C1(C=O)C(CC(C)(C)C)NC(C(=O)NC2CCC(O)CC2)C1c1cccc(Cl)c1. The molecule has 2 aromatic rings. The molecular formula is C30H39Cl2N3O3. The maximum Gasteiger partial charge on any atom is 0.238 e. The second kappa shape index (κ2) is 11.5. The predicted octanol–water partition coefficient (Wildman–Crippen LogP) is 5.45. The van der Waals surface area contributed by atoms with E-state index in [1.54, 1.807) is 12.1 Å². The Hall–Kier alpha value is -2.12. The van der Waals surface area contributed by atoms with E-state index in [-0.39, 0.29) is 29.5 Å². The van der Waals surface area contributed by atoms with E-state index in [9.17, 15) is 14.7 Å². The van der Waals surface area contributed by atoms with E-state index >= 15 is 0 Å². The number of aliphatic hydroxyl groups is 1. The van der Waals surface area contributed by atoms with Crippen molar-refractivity contribution < 1.29 is 14.7 Å². The van der Waals surface area contributed by atoms with Crippen LogP contribution in [-0.2, 0) is 15.0 Å². The number of benzene rings is 2. The summed E-state index contributed by atoms with van der Waals surface area (Å²) in [5.41, 5.74) is 1.17. The van der Waals surface area contributed by atoms with Gasteiger partial charge < -0.3 is 25.9 Å². The highest BCUT2D eigenvalue weighted by Crippen LogP contribution is 2.52. The summed E-state index contributed by atoms with van der Waals surface area (Å²) in [6, 6.07) is 12.0. The number of carbonyl (C=O) groups excluding carboxylic acids is 2. The zero-order chi connectivity index (χ0) is 27.7. The molecular weight excluding hydrogens is 521 g/mol. The standard InChI is InChI=1S/C30H39Cl2N3O3/c1-29(2,3)16-25-30(17-36,23-13-8-20(32)15-24(23)33-4)26(18-6-5-7-19(31)14-18)27(35-25)28(38)34-21-9-11-22(37)12-10-21/h5-8,13-15,17,21-22,25-27,33,35,37H,9-12,16H2,1-4H3,(H,34,38). The zero-order valence-corrected chi connectivity index (χ0v) is 24.1. The van der Waals surface area contributed by atoms with Gasteiger partial charge in [-0.15, -0.1) is 0 Å². The molecule has 4 atom stereocenters. The second-order valence-electron chi connectivity index (χ2n) is 12.0. The first-order valence-corrected chi connectivity index (χ1v) is 14.2. The third kappa shape index (κ3) is 5.89. The maximum absolute atomic E-state index is 14.0. The summed E-state index contributed by atoms with van der Waals surface area (Å²) in [6.07, 6.45) is 4.17. The predicted molar refractivity (Wildman–Crippen MR) is 154 cm³/mol. The first-order chi connectivity index (χ1) is 18.0. The van der Waals surface area contributed by atoms with E-state index in [4.69, 9.17) is 23.2 Å². The normalized spacial score (nSPS) is 29.6. The van der Waals surface area contributed by atoms with Gasteiger partial charge in [-0.3, -0.25) is 4.79 Å². The van der Waals surface area contributed by atoms with Gasteiger partial charge in [-0.1, -0.05) is 62.2 Å². The molecule has 1 aliphatic heterocycles. The first kappa shape index (κ1) is 28.9. The Bertz CT molecular complexity index is 1160. The first-order valence-electron chi connectivity index (χ1n) is 13.4. The molecule has 8 heteroatoms. The number of halogens is 2. The van der Waals surface area contributed by atoms with Crippen LogP contribution in [0, 0.1) is 5.41 Å². The van der Waals surface area contributed by atoms with Crippen LogP contribution in [0.2, 0.25) is 10.0 Å². The molecule has 0 aromatic heterocycles. The molecule has 2 aromatic carbocycles. The number of aliphatic hydroxyl groups excluding tert-OH is 1. The molecule has 1 aliphatic carbocycles. The molecule has 0 radical (unpaired) electrons. The van der Waals surface area contributed by atoms with Gasteiger partial charge in [0.1, 0.15) is 6.29 Å². The van der Waals surface area contributed by atoms with Crippen LogP contribution in [-0.4, -0.2) is 48.6 Å². The van der Waals surface area contributed by atoms with Gasteiger partial charge in [0.05, 0.1) is 17.6 Å². The van der Waals surface area contributed by atoms with Crippen molar-refractivity contribution in [2.45, 2.75) is 88.4 Å². The quantitative estimate of drug-likeness (QED) is 0.338. The summed E-state index contributed by atoms with van der Waals surface area (Å²) in [5, 5.41) is 21.1. The van der Waals surface area contributed by atoms with E-state index in [2.05, 4.69) is 36.7 Å². The molecule has 38 heavy (non-hydrogen) atoms. The van der Waals surface area contributed by atoms with Crippen molar-refractivity contribution in [1.29, 1.82) is 0 Å². The van der Waals surface area contributed by atoms with Crippen molar-refractivity contribution in [2.24, 2.45) is 5.41 Å². The van der Waals surface area contributed by atoms with Gasteiger partial charge in [-0.25, -0.2) is 0 Å². The number of hydrogen-bond donors (Lipinski definition) is 4. The number of anilines is 1. The molecule has 4 unspecified atom stereocenters. The Morgan fingerprint density at radius 1 is 1.11 bits per heavy atom. The second-order valence-corrected chi connectivity index (χ2v) is 12.9. The minimum absolute atomic E-state index is 0.0107. The lowest BCUT2D eigenvalue weighted by Crippen LogP contribution is -2.49. The number of hydrogen-bond acceptors (Lipinski definition) is 5. The molecule has 1 amide bonds. The molecule has 1 saturated carbocycles. The Kier molecular flexibility index (Phi) is 8.78. The average Bonchev–Trinajstić information content (AvgIpc) is 3.18. The Morgan fingerprint density at radius 2 is 1.79 bits per heavy atom. The smallest absolute Gasteiger partial charge is 0.238 e. The lowest BCUT2D eigenvalue weighted by atomic mass is 9.62. The van der Waals surface area contributed by atoms with E-state index in [1.807, 2.05) is 37.4 Å². The summed E-state index contributed by atoms with van der Waals surface area (Å²) >= 11 is 12.8. The van der Waals surface area contributed by atoms with Gasteiger partial charge in [0.2, 0.25) is 5.91 Å². The highest BCUT2D eigenvalue weighted by atomic mass is 35.5. The lowest BCUT2D eigenvalue weighted by molar-refractivity contribution is -0.124. The Balaban J connectivity index is 1.88. The molecule has 4 rings (SSSR count). The van der Waals surface area contributed by atoms with Gasteiger partial charge in [0.25, 0.3) is 0 Å². The van der Waals surface area contributed by atoms with Crippen molar-refractivity contribution >= 4 is 41.1 Å². The largest absolute Gasteiger partial charge is 0.393 e. The summed E-state index contributed by atoms with van der Waals surface area (Å²) in [7, 11) is 1.81. The van der Waals surface area contributed by atoms with Crippen LogP contribution >= 0.6 is 23.2 Å². The Labute approximate surface area is 235 Å². The highest BCUT2D eigenvalue weighted by molar-refractivity contribution is 6.31. The van der Waals surface area contributed by atoms with Crippen LogP contribution < -0.4 is 16.0 Å². The van der Waals surface area contributed by atoms with Crippen molar-refractivity contribution in [2.75, 3.05) is 12.4 Å². The number of carbonyl (C=O) groups is 2. The van der Waals surface area contributed by atoms with E-state index in [0.29, 0.717) is 29.3 Å². The fourth-order valence-corrected chi connectivity index (χ4v) is 6.74. The van der Waals surface area contributed by atoms with Crippen molar-refractivity contribution in [3.63, 3.8) is 0 Å². The topological polar surface area (TPSA) is 90.5 Å². The summed E-state index contributed by atoms with van der Waals surface area (Å²) in [6.45, 7) is 6.42. The summed E-state index contributed by atoms with van der Waals surface area (Å²) < 4.78 is 0. The van der Waals surface area contributed by atoms with Gasteiger partial charge in [-0.2, -0.15) is 0 Å². The molecule has 1 heterocycles. The van der Waals surface area contributed by atoms with Crippen molar-refractivity contribution in [1.82, 2.24) is 10.6 Å². The number of aldehydes is 1. The van der Waals surface area contributed by atoms with Crippen LogP contribution in [0.15, 0.2) is 42.5 Å². The molecule has 2 aliphatic rings. The number of nitrogens with one attached hydrogen (secondary N) is 3. The third-order valence-electron chi connectivity index (χ3n) is 8.07. The minimum atomic E-state index is -1.08. The molecule has 206 valence electrons. The van der Waals surface area contributed by atoms with E-state index < -0.39 is 17.4 Å². The molecule has 1 saturated heterocycles. The molecule has 0 bridgehead atoms. The van der Waals surface area contributed by atoms with Gasteiger partial charge in [0.15, 0.2) is 0 Å². The highest BCUT2D eigenvalue weighted by Gasteiger charge is 2.59. The minimum Gasteiger partial charge on any atom is -0.393 e.